The van der Waals surface area contributed by atoms with Crippen LogP contribution in [0.3, 0.4) is 0 Å². The molecule has 0 spiro atoms. The van der Waals surface area contributed by atoms with Gasteiger partial charge in [0.15, 0.2) is 0 Å². The Hall–Kier alpha value is -2.61. The van der Waals surface area contributed by atoms with Crippen molar-refractivity contribution in [3.63, 3.8) is 0 Å². The average Bonchev–Trinajstić information content (AvgIpc) is 2.93. The van der Waals surface area contributed by atoms with Gasteiger partial charge in [-0.3, -0.25) is 9.59 Å². The van der Waals surface area contributed by atoms with Gasteiger partial charge in [-0.1, -0.05) is 22.5 Å². The fraction of sp³-hybridized carbons (Fsp3) is 0.278. The molecule has 0 unspecified atom stereocenters. The van der Waals surface area contributed by atoms with Crippen LogP contribution < -0.4 is 5.32 Å². The van der Waals surface area contributed by atoms with Gasteiger partial charge in [0.1, 0.15) is 6.54 Å². The van der Waals surface area contributed by atoms with Crippen LogP contribution in [0.25, 0.3) is 10.9 Å². The number of hydrogen-bond acceptors (Lipinski definition) is 4. The van der Waals surface area contributed by atoms with Crippen LogP contribution in [-0.4, -0.2) is 53.5 Å². The fourth-order valence-corrected chi connectivity index (χ4v) is 3.34. The number of fused-ring (bicyclic) bond motifs is 1. The molecule has 0 aliphatic carbocycles. The second-order valence-corrected chi connectivity index (χ2v) is 6.95. The van der Waals surface area contributed by atoms with E-state index in [1.807, 2.05) is 18.2 Å². The van der Waals surface area contributed by atoms with Crippen LogP contribution in [0.4, 0.5) is 0 Å². The van der Waals surface area contributed by atoms with Crippen LogP contribution in [0.1, 0.15) is 10.4 Å². The molecule has 1 aliphatic rings. The molecule has 2 amide bonds. The van der Waals surface area contributed by atoms with E-state index in [4.69, 9.17) is 4.74 Å². The summed E-state index contributed by atoms with van der Waals surface area (Å²) in [5.74, 6) is -0.776. The smallest absolute Gasteiger partial charge is 0.340 e. The van der Waals surface area contributed by atoms with E-state index in [0.29, 0.717) is 24.0 Å². The largest absolute Gasteiger partial charge is 0.465 e. The first-order valence-electron chi connectivity index (χ1n) is 8.00. The molecule has 1 aliphatic heterocycles. The predicted octanol–water partition coefficient (Wildman–Crippen LogP) is 1.70. The van der Waals surface area contributed by atoms with Crippen molar-refractivity contribution in [3.8, 4) is 0 Å². The third-order valence-corrected chi connectivity index (χ3v) is 4.79. The van der Waals surface area contributed by atoms with Gasteiger partial charge in [-0.05, 0) is 24.3 Å². The lowest BCUT2D eigenvalue weighted by molar-refractivity contribution is -0.133. The Morgan fingerprint density at radius 2 is 2.12 bits per heavy atom. The molecular weight excluding hydrogens is 402 g/mol. The van der Waals surface area contributed by atoms with Gasteiger partial charge >= 0.3 is 5.97 Å². The van der Waals surface area contributed by atoms with Crippen LogP contribution in [0.5, 0.6) is 0 Å². The second kappa shape index (κ2) is 7.33. The number of hydrogen-bond donors (Lipinski definition) is 1. The molecule has 2 heterocycles. The monoisotopic (exact) mass is 419 g/mol. The number of benzene rings is 1. The second-order valence-electron chi connectivity index (χ2n) is 6.04. The van der Waals surface area contributed by atoms with Gasteiger partial charge < -0.3 is 19.5 Å². The summed E-state index contributed by atoms with van der Waals surface area (Å²) in [4.78, 5) is 37.4. The molecule has 7 nitrogen and oxygen atoms in total. The number of methoxy groups -OCH3 is 1. The number of likely N-dealkylation sites (tertiary alicyclic amines) is 1. The zero-order valence-corrected chi connectivity index (χ0v) is 15.8. The van der Waals surface area contributed by atoms with Crippen molar-refractivity contribution in [2.75, 3.05) is 20.2 Å². The van der Waals surface area contributed by atoms with E-state index >= 15 is 0 Å². The summed E-state index contributed by atoms with van der Waals surface area (Å²) in [6.07, 6.45) is 2.88. The number of ether oxygens (including phenoxy) is 1. The van der Waals surface area contributed by atoms with Crippen molar-refractivity contribution in [2.24, 2.45) is 0 Å². The number of nitrogens with zero attached hydrogens (tertiary/aromatic N) is 2. The van der Waals surface area contributed by atoms with E-state index in [-0.39, 0.29) is 24.4 Å². The Labute approximate surface area is 158 Å². The molecule has 136 valence electrons. The summed E-state index contributed by atoms with van der Waals surface area (Å²) in [6, 6.07) is 5.44. The molecule has 1 aromatic heterocycles. The topological polar surface area (TPSA) is 80.6 Å². The fourth-order valence-electron chi connectivity index (χ4n) is 2.98. The van der Waals surface area contributed by atoms with Crippen molar-refractivity contribution in [1.82, 2.24) is 14.8 Å². The Morgan fingerprint density at radius 3 is 2.77 bits per heavy atom. The van der Waals surface area contributed by atoms with Crippen molar-refractivity contribution < 1.29 is 19.1 Å². The molecular formula is C18H18BrN3O4. The molecule has 0 bridgehead atoms. The number of rotatable bonds is 5. The molecule has 1 saturated heterocycles. The van der Waals surface area contributed by atoms with Crippen LogP contribution in [0, 0.1) is 0 Å². The number of amides is 2. The number of aromatic nitrogens is 1. The maximum absolute atomic E-state index is 12.3. The van der Waals surface area contributed by atoms with Crippen LogP contribution in [-0.2, 0) is 20.9 Å². The SMILES string of the molecule is C=CC(=O)N1CC(NC(=O)Cn2cc(C(=O)OC)c3cc(Br)ccc32)C1. The van der Waals surface area contributed by atoms with Gasteiger partial charge in [-0.2, -0.15) is 0 Å². The minimum Gasteiger partial charge on any atom is -0.465 e. The van der Waals surface area contributed by atoms with E-state index < -0.39 is 5.97 Å². The Bertz CT molecular complexity index is 899. The lowest BCUT2D eigenvalue weighted by Gasteiger charge is -2.38. The third-order valence-electron chi connectivity index (χ3n) is 4.30. The molecule has 0 saturated carbocycles. The first-order chi connectivity index (χ1) is 12.4. The minimum absolute atomic E-state index is 0.0672. The lowest BCUT2D eigenvalue weighted by Crippen LogP contribution is -2.61. The average molecular weight is 420 g/mol. The highest BCUT2D eigenvalue weighted by molar-refractivity contribution is 9.10. The van der Waals surface area contributed by atoms with E-state index in [1.54, 1.807) is 15.7 Å². The standard InChI is InChI=1S/C18H18BrN3O4/c1-3-17(24)22-7-12(8-22)20-16(23)10-21-9-14(18(25)26-2)13-6-11(19)4-5-15(13)21/h3-6,9,12H,1,7-8,10H2,2H3,(H,20,23). The van der Waals surface area contributed by atoms with Gasteiger partial charge in [0.2, 0.25) is 11.8 Å². The molecule has 26 heavy (non-hydrogen) atoms. The third kappa shape index (κ3) is 3.50. The molecule has 0 atom stereocenters. The molecule has 0 radical (unpaired) electrons. The summed E-state index contributed by atoms with van der Waals surface area (Å²) in [7, 11) is 1.32. The van der Waals surface area contributed by atoms with E-state index in [0.717, 1.165) is 9.99 Å². The summed E-state index contributed by atoms with van der Waals surface area (Å²) >= 11 is 3.39. The van der Waals surface area contributed by atoms with Gasteiger partial charge in [-0.25, -0.2) is 4.79 Å². The zero-order valence-electron chi connectivity index (χ0n) is 14.2. The molecule has 2 aromatic rings. The van der Waals surface area contributed by atoms with Gasteiger partial charge in [-0.15, -0.1) is 0 Å². The first-order valence-corrected chi connectivity index (χ1v) is 8.79. The summed E-state index contributed by atoms with van der Waals surface area (Å²) < 4.78 is 7.37. The first kappa shape index (κ1) is 18.2. The highest BCUT2D eigenvalue weighted by Gasteiger charge is 2.30. The van der Waals surface area contributed by atoms with Crippen LogP contribution in [0.2, 0.25) is 0 Å². The Kier molecular flexibility index (Phi) is 5.13. The summed E-state index contributed by atoms with van der Waals surface area (Å²) in [5.41, 5.74) is 1.17. The van der Waals surface area contributed by atoms with Crippen LogP contribution >= 0.6 is 15.9 Å². The van der Waals surface area contributed by atoms with Crippen molar-refractivity contribution >= 4 is 44.6 Å². The number of nitrogens with one attached hydrogen (secondary N) is 1. The number of esters is 1. The predicted molar refractivity (Wildman–Crippen MR) is 99.7 cm³/mol. The van der Waals surface area contributed by atoms with E-state index in [1.165, 1.54) is 13.2 Å². The number of halogens is 1. The Balaban J connectivity index is 1.73. The highest BCUT2D eigenvalue weighted by Crippen LogP contribution is 2.26. The van der Waals surface area contributed by atoms with E-state index in [9.17, 15) is 14.4 Å². The molecule has 1 N–H and O–H groups in total. The zero-order chi connectivity index (χ0) is 18.8. The maximum atomic E-state index is 12.3. The van der Waals surface area contributed by atoms with Crippen molar-refractivity contribution in [2.45, 2.75) is 12.6 Å². The Morgan fingerprint density at radius 1 is 1.38 bits per heavy atom. The number of carbonyl (C=O) groups excluding carboxylic acids is 3. The number of carbonyl (C=O) groups is 3. The summed E-state index contributed by atoms with van der Waals surface area (Å²) in [5, 5.41) is 3.60. The van der Waals surface area contributed by atoms with Gasteiger partial charge in [0.25, 0.3) is 0 Å². The van der Waals surface area contributed by atoms with Crippen molar-refractivity contribution in [1.29, 1.82) is 0 Å². The van der Waals surface area contributed by atoms with E-state index in [2.05, 4.69) is 27.8 Å². The quantitative estimate of drug-likeness (QED) is 0.590. The molecule has 1 fully saturated rings. The maximum Gasteiger partial charge on any atom is 0.340 e. The highest BCUT2D eigenvalue weighted by atomic mass is 79.9. The van der Waals surface area contributed by atoms with Crippen LogP contribution in [0.15, 0.2) is 41.5 Å². The molecule has 8 heteroatoms. The van der Waals surface area contributed by atoms with Gasteiger partial charge in [0, 0.05) is 34.7 Å². The van der Waals surface area contributed by atoms with Crippen molar-refractivity contribution in [3.05, 3.63) is 47.1 Å². The molecule has 3 rings (SSSR count). The minimum atomic E-state index is -0.454. The van der Waals surface area contributed by atoms with Gasteiger partial charge in [0.05, 0.1) is 18.7 Å². The molecule has 1 aromatic carbocycles. The summed E-state index contributed by atoms with van der Waals surface area (Å²) in [6.45, 7) is 4.46. The normalized spacial score (nSPS) is 14.0. The lowest BCUT2D eigenvalue weighted by atomic mass is 10.1.